The van der Waals surface area contributed by atoms with Gasteiger partial charge in [-0.05, 0) is 44.0 Å². The lowest BCUT2D eigenvalue weighted by atomic mass is 9.96. The van der Waals surface area contributed by atoms with Crippen molar-refractivity contribution in [2.24, 2.45) is 5.92 Å². The van der Waals surface area contributed by atoms with Crippen LogP contribution in [0.4, 0.5) is 13.2 Å². The fourth-order valence-corrected chi connectivity index (χ4v) is 3.21. The summed E-state index contributed by atoms with van der Waals surface area (Å²) in [7, 11) is 0. The summed E-state index contributed by atoms with van der Waals surface area (Å²) in [6.07, 6.45) is -1.01. The van der Waals surface area contributed by atoms with Gasteiger partial charge in [-0.2, -0.15) is 13.2 Å². The van der Waals surface area contributed by atoms with Crippen molar-refractivity contribution in [3.8, 4) is 0 Å². The zero-order valence-electron chi connectivity index (χ0n) is 13.2. The number of amides is 1. The number of likely N-dealkylation sites (tertiary alicyclic amines) is 1. The van der Waals surface area contributed by atoms with Crippen molar-refractivity contribution in [3.63, 3.8) is 0 Å². The Balaban J connectivity index is 1.50. The SMILES string of the molecule is O=C(NCC1CCN(CC(F)(F)F)CC1)c1cccc2cc[nH]c12. The third kappa shape index (κ3) is 4.08. The third-order valence-corrected chi connectivity index (χ3v) is 4.49. The van der Waals surface area contributed by atoms with Crippen molar-refractivity contribution in [1.82, 2.24) is 15.2 Å². The van der Waals surface area contributed by atoms with Gasteiger partial charge in [0, 0.05) is 18.1 Å². The van der Waals surface area contributed by atoms with Gasteiger partial charge in [0.05, 0.1) is 17.6 Å². The molecule has 0 spiro atoms. The van der Waals surface area contributed by atoms with Crippen LogP contribution < -0.4 is 5.32 Å². The molecule has 0 aliphatic carbocycles. The van der Waals surface area contributed by atoms with Gasteiger partial charge in [0.1, 0.15) is 0 Å². The van der Waals surface area contributed by atoms with Crippen molar-refractivity contribution in [2.45, 2.75) is 19.0 Å². The molecule has 0 unspecified atom stereocenters. The minimum Gasteiger partial charge on any atom is -0.361 e. The third-order valence-electron chi connectivity index (χ3n) is 4.49. The van der Waals surface area contributed by atoms with Crippen molar-refractivity contribution in [3.05, 3.63) is 36.0 Å². The van der Waals surface area contributed by atoms with E-state index >= 15 is 0 Å². The van der Waals surface area contributed by atoms with Gasteiger partial charge in [-0.3, -0.25) is 9.69 Å². The molecule has 1 aromatic heterocycles. The molecule has 2 aromatic rings. The van der Waals surface area contributed by atoms with Gasteiger partial charge < -0.3 is 10.3 Å². The molecule has 1 saturated heterocycles. The van der Waals surface area contributed by atoms with Crippen LogP contribution in [0, 0.1) is 5.92 Å². The molecule has 3 rings (SSSR count). The minimum absolute atomic E-state index is 0.152. The van der Waals surface area contributed by atoms with Crippen LogP contribution in [0.2, 0.25) is 0 Å². The number of H-pyrrole nitrogens is 1. The Labute approximate surface area is 138 Å². The number of aromatic nitrogens is 1. The molecule has 7 heteroatoms. The first kappa shape index (κ1) is 16.8. The molecule has 0 saturated carbocycles. The number of fused-ring (bicyclic) bond motifs is 1. The Kier molecular flexibility index (Phi) is 4.80. The van der Waals surface area contributed by atoms with Crippen molar-refractivity contribution in [2.75, 3.05) is 26.2 Å². The second kappa shape index (κ2) is 6.84. The number of nitrogens with one attached hydrogen (secondary N) is 2. The van der Waals surface area contributed by atoms with E-state index in [0.717, 1.165) is 10.9 Å². The van der Waals surface area contributed by atoms with Crippen LogP contribution in [0.1, 0.15) is 23.2 Å². The van der Waals surface area contributed by atoms with E-state index in [4.69, 9.17) is 0 Å². The first-order chi connectivity index (χ1) is 11.4. The lowest BCUT2D eigenvalue weighted by Gasteiger charge is -2.32. The molecular formula is C17H20F3N3O. The van der Waals surface area contributed by atoms with E-state index in [-0.39, 0.29) is 11.8 Å². The van der Waals surface area contributed by atoms with Gasteiger partial charge >= 0.3 is 6.18 Å². The summed E-state index contributed by atoms with van der Waals surface area (Å²) in [4.78, 5) is 16.9. The van der Waals surface area contributed by atoms with Crippen molar-refractivity contribution in [1.29, 1.82) is 0 Å². The summed E-state index contributed by atoms with van der Waals surface area (Å²) >= 11 is 0. The van der Waals surface area contributed by atoms with Gasteiger partial charge in [-0.15, -0.1) is 0 Å². The highest BCUT2D eigenvalue weighted by Crippen LogP contribution is 2.22. The smallest absolute Gasteiger partial charge is 0.361 e. The van der Waals surface area contributed by atoms with E-state index in [0.29, 0.717) is 38.0 Å². The highest BCUT2D eigenvalue weighted by atomic mass is 19.4. The Morgan fingerprint density at radius 2 is 2.00 bits per heavy atom. The second-order valence-corrected chi connectivity index (χ2v) is 6.29. The van der Waals surface area contributed by atoms with E-state index in [1.54, 1.807) is 12.3 Å². The summed E-state index contributed by atoms with van der Waals surface area (Å²) in [5.41, 5.74) is 1.39. The van der Waals surface area contributed by atoms with Crippen LogP contribution in [-0.4, -0.2) is 48.1 Å². The van der Waals surface area contributed by atoms with Gasteiger partial charge in [-0.25, -0.2) is 0 Å². The van der Waals surface area contributed by atoms with E-state index in [2.05, 4.69) is 10.3 Å². The average molecular weight is 339 g/mol. The second-order valence-electron chi connectivity index (χ2n) is 6.29. The first-order valence-corrected chi connectivity index (χ1v) is 8.06. The summed E-state index contributed by atoms with van der Waals surface area (Å²) in [6.45, 7) is 0.495. The predicted octanol–water partition coefficient (Wildman–Crippen LogP) is 3.17. The van der Waals surface area contributed by atoms with Crippen LogP contribution in [0.15, 0.2) is 30.5 Å². The molecule has 1 amide bonds. The number of nitrogens with zero attached hydrogens (tertiary/aromatic N) is 1. The zero-order valence-corrected chi connectivity index (χ0v) is 13.2. The highest BCUT2D eigenvalue weighted by molar-refractivity contribution is 6.05. The standard InChI is InChI=1S/C17H20F3N3O/c18-17(19,20)11-23-8-5-12(6-9-23)10-22-16(24)14-3-1-2-13-4-7-21-15(13)14/h1-4,7,12,21H,5-6,8-11H2,(H,22,24). The topological polar surface area (TPSA) is 48.1 Å². The van der Waals surface area contributed by atoms with Crippen LogP contribution in [-0.2, 0) is 0 Å². The number of alkyl halides is 3. The van der Waals surface area contributed by atoms with Gasteiger partial charge in [0.2, 0.25) is 0 Å². The quantitative estimate of drug-likeness (QED) is 0.899. The fourth-order valence-electron chi connectivity index (χ4n) is 3.21. The number of halogens is 3. The first-order valence-electron chi connectivity index (χ1n) is 8.06. The number of rotatable bonds is 4. The molecule has 2 heterocycles. The number of para-hydroxylation sites is 1. The summed E-state index contributed by atoms with van der Waals surface area (Å²) < 4.78 is 37.1. The summed E-state index contributed by atoms with van der Waals surface area (Å²) in [5.74, 6) is 0.0713. The van der Waals surface area contributed by atoms with Crippen molar-refractivity contribution < 1.29 is 18.0 Å². The van der Waals surface area contributed by atoms with E-state index in [9.17, 15) is 18.0 Å². The number of carbonyl (C=O) groups excluding carboxylic acids is 1. The highest BCUT2D eigenvalue weighted by Gasteiger charge is 2.32. The maximum absolute atomic E-state index is 12.4. The molecule has 2 N–H and O–H groups in total. The molecule has 1 fully saturated rings. The van der Waals surface area contributed by atoms with Crippen LogP contribution in [0.5, 0.6) is 0 Å². The molecule has 0 atom stereocenters. The Hall–Kier alpha value is -2.02. The van der Waals surface area contributed by atoms with E-state index in [1.807, 2.05) is 18.2 Å². The molecule has 24 heavy (non-hydrogen) atoms. The maximum atomic E-state index is 12.4. The van der Waals surface area contributed by atoms with Crippen LogP contribution in [0.25, 0.3) is 10.9 Å². The monoisotopic (exact) mass is 339 g/mol. The Morgan fingerprint density at radius 3 is 2.71 bits per heavy atom. The summed E-state index contributed by atoms with van der Waals surface area (Å²) in [5, 5.41) is 3.89. The number of hydrogen-bond donors (Lipinski definition) is 2. The number of piperidine rings is 1. The van der Waals surface area contributed by atoms with Gasteiger partial charge in [-0.1, -0.05) is 12.1 Å². The normalized spacial score (nSPS) is 17.3. The number of hydrogen-bond acceptors (Lipinski definition) is 2. The molecule has 0 bridgehead atoms. The lowest BCUT2D eigenvalue weighted by molar-refractivity contribution is -0.148. The molecule has 4 nitrogen and oxygen atoms in total. The van der Waals surface area contributed by atoms with Gasteiger partial charge in [0.15, 0.2) is 0 Å². The minimum atomic E-state index is -4.14. The molecule has 130 valence electrons. The average Bonchev–Trinajstić information content (AvgIpc) is 3.01. The molecule has 1 aliphatic heterocycles. The lowest BCUT2D eigenvalue weighted by Crippen LogP contribution is -2.42. The van der Waals surface area contributed by atoms with E-state index < -0.39 is 12.7 Å². The Morgan fingerprint density at radius 1 is 1.25 bits per heavy atom. The maximum Gasteiger partial charge on any atom is 0.401 e. The van der Waals surface area contributed by atoms with Crippen LogP contribution >= 0.6 is 0 Å². The van der Waals surface area contributed by atoms with Crippen LogP contribution in [0.3, 0.4) is 0 Å². The number of benzene rings is 1. The number of carbonyl (C=O) groups is 1. The fraction of sp³-hybridized carbons (Fsp3) is 0.471. The Bertz CT molecular complexity index is 702. The molecule has 1 aliphatic rings. The van der Waals surface area contributed by atoms with Gasteiger partial charge in [0.25, 0.3) is 5.91 Å². The molecule has 1 aromatic carbocycles. The largest absolute Gasteiger partial charge is 0.401 e. The molecule has 0 radical (unpaired) electrons. The number of aromatic amines is 1. The molecular weight excluding hydrogens is 319 g/mol. The zero-order chi connectivity index (χ0) is 17.2. The summed E-state index contributed by atoms with van der Waals surface area (Å²) in [6, 6.07) is 7.43. The predicted molar refractivity (Wildman–Crippen MR) is 85.9 cm³/mol. The van der Waals surface area contributed by atoms with E-state index in [1.165, 1.54) is 4.90 Å². The van der Waals surface area contributed by atoms with Crippen molar-refractivity contribution >= 4 is 16.8 Å².